The molecule has 16 heavy (non-hydrogen) atoms. The number of amides is 2. The number of hydrogen-bond donors (Lipinski definition) is 3. The lowest BCUT2D eigenvalue weighted by molar-refractivity contribution is 0.249. The van der Waals surface area contributed by atoms with Crippen LogP contribution in [0.2, 0.25) is 0 Å². The van der Waals surface area contributed by atoms with Crippen molar-refractivity contribution in [2.24, 2.45) is 5.73 Å². The zero-order valence-corrected chi connectivity index (χ0v) is 9.96. The molecule has 2 amide bonds. The molecule has 90 valence electrons. The van der Waals surface area contributed by atoms with Gasteiger partial charge in [-0.1, -0.05) is 0 Å². The summed E-state index contributed by atoms with van der Waals surface area (Å²) in [4.78, 5) is 10.4. The Morgan fingerprint density at radius 3 is 2.69 bits per heavy atom. The third-order valence-corrected chi connectivity index (χ3v) is 2.42. The average molecular weight is 225 g/mol. The van der Waals surface area contributed by atoms with Crippen molar-refractivity contribution in [3.63, 3.8) is 0 Å². The van der Waals surface area contributed by atoms with E-state index in [-0.39, 0.29) is 6.04 Å². The number of primary amides is 1. The Hall–Kier alpha value is -1.49. The second kappa shape index (κ2) is 5.55. The monoisotopic (exact) mass is 225 g/mol. The molecule has 0 aromatic carbocycles. The molecule has 1 aromatic heterocycles. The largest absolute Gasteiger partial charge is 0.466 e. The Morgan fingerprint density at radius 1 is 1.50 bits per heavy atom. The van der Waals surface area contributed by atoms with Crippen molar-refractivity contribution in [3.05, 3.63) is 23.2 Å². The van der Waals surface area contributed by atoms with Gasteiger partial charge < -0.3 is 20.8 Å². The summed E-state index contributed by atoms with van der Waals surface area (Å²) in [6.45, 7) is 7.13. The van der Waals surface area contributed by atoms with Gasteiger partial charge in [0.1, 0.15) is 11.5 Å². The number of rotatable bonds is 5. The van der Waals surface area contributed by atoms with E-state index in [1.165, 1.54) is 0 Å². The highest BCUT2D eigenvalue weighted by molar-refractivity contribution is 5.71. The molecule has 0 fully saturated rings. The van der Waals surface area contributed by atoms with Crippen LogP contribution in [0.5, 0.6) is 0 Å². The highest BCUT2D eigenvalue weighted by atomic mass is 16.3. The summed E-state index contributed by atoms with van der Waals surface area (Å²) in [5.74, 6) is 1.84. The van der Waals surface area contributed by atoms with Crippen molar-refractivity contribution < 1.29 is 9.21 Å². The van der Waals surface area contributed by atoms with Gasteiger partial charge in [-0.25, -0.2) is 4.79 Å². The number of urea groups is 1. The Labute approximate surface area is 95.4 Å². The van der Waals surface area contributed by atoms with Crippen LogP contribution in [0.15, 0.2) is 10.5 Å². The highest BCUT2D eigenvalue weighted by Crippen LogP contribution is 2.20. The van der Waals surface area contributed by atoms with Crippen LogP contribution >= 0.6 is 0 Å². The van der Waals surface area contributed by atoms with Crippen LogP contribution in [0, 0.1) is 13.8 Å². The molecule has 0 saturated heterocycles. The molecule has 0 aliphatic heterocycles. The van der Waals surface area contributed by atoms with Crippen molar-refractivity contribution in [1.82, 2.24) is 10.6 Å². The van der Waals surface area contributed by atoms with Crippen molar-refractivity contribution in [2.75, 3.05) is 13.1 Å². The lowest BCUT2D eigenvalue weighted by Gasteiger charge is -2.12. The topological polar surface area (TPSA) is 80.3 Å². The Balaban J connectivity index is 2.38. The molecule has 4 N–H and O–H groups in total. The fourth-order valence-corrected chi connectivity index (χ4v) is 1.66. The van der Waals surface area contributed by atoms with Crippen LogP contribution in [0.3, 0.4) is 0 Å². The molecule has 0 aliphatic rings. The normalized spacial score (nSPS) is 12.4. The van der Waals surface area contributed by atoms with Gasteiger partial charge in [-0.3, -0.25) is 0 Å². The third-order valence-electron chi connectivity index (χ3n) is 2.42. The minimum Gasteiger partial charge on any atom is -0.466 e. The van der Waals surface area contributed by atoms with E-state index in [4.69, 9.17) is 10.2 Å². The van der Waals surface area contributed by atoms with Gasteiger partial charge in [-0.15, -0.1) is 0 Å². The van der Waals surface area contributed by atoms with Gasteiger partial charge in [0.15, 0.2) is 0 Å². The zero-order valence-electron chi connectivity index (χ0n) is 9.96. The van der Waals surface area contributed by atoms with Crippen LogP contribution in [0.4, 0.5) is 4.79 Å². The van der Waals surface area contributed by atoms with Crippen LogP contribution in [0.1, 0.15) is 30.0 Å². The average Bonchev–Trinajstić information content (AvgIpc) is 2.52. The molecule has 0 radical (unpaired) electrons. The first-order valence-electron chi connectivity index (χ1n) is 5.34. The Bertz CT molecular complexity index is 360. The van der Waals surface area contributed by atoms with Crippen LogP contribution < -0.4 is 16.4 Å². The lowest BCUT2D eigenvalue weighted by atomic mass is 10.1. The van der Waals surface area contributed by atoms with E-state index in [2.05, 4.69) is 17.6 Å². The minimum atomic E-state index is -0.496. The molecule has 5 heteroatoms. The first kappa shape index (κ1) is 12.6. The van der Waals surface area contributed by atoms with E-state index in [0.29, 0.717) is 13.1 Å². The fraction of sp³-hybridized carbons (Fsp3) is 0.545. The molecule has 1 aromatic rings. The molecule has 0 spiro atoms. The maximum Gasteiger partial charge on any atom is 0.312 e. The van der Waals surface area contributed by atoms with Gasteiger partial charge >= 0.3 is 6.03 Å². The lowest BCUT2D eigenvalue weighted by Crippen LogP contribution is -2.36. The van der Waals surface area contributed by atoms with Gasteiger partial charge in [0.25, 0.3) is 0 Å². The number of aryl methyl sites for hydroxylation is 2. The van der Waals surface area contributed by atoms with Crippen molar-refractivity contribution >= 4 is 6.03 Å². The second-order valence-corrected chi connectivity index (χ2v) is 3.84. The van der Waals surface area contributed by atoms with E-state index in [9.17, 15) is 4.79 Å². The number of carbonyl (C=O) groups excluding carboxylic acids is 1. The summed E-state index contributed by atoms with van der Waals surface area (Å²) < 4.78 is 5.45. The molecule has 1 rings (SSSR count). The third kappa shape index (κ3) is 3.58. The van der Waals surface area contributed by atoms with Gasteiger partial charge in [-0.2, -0.15) is 0 Å². The molecule has 1 atom stereocenters. The number of nitrogens with one attached hydrogen (secondary N) is 2. The van der Waals surface area contributed by atoms with Crippen molar-refractivity contribution in [3.8, 4) is 0 Å². The van der Waals surface area contributed by atoms with Gasteiger partial charge in [0, 0.05) is 24.7 Å². The van der Waals surface area contributed by atoms with Gasteiger partial charge in [0.2, 0.25) is 0 Å². The summed E-state index contributed by atoms with van der Waals surface area (Å²) in [6, 6.07) is 1.73. The molecule has 5 nitrogen and oxygen atoms in total. The maximum atomic E-state index is 10.4. The molecule has 0 aliphatic carbocycles. The Morgan fingerprint density at radius 2 is 2.19 bits per heavy atom. The second-order valence-electron chi connectivity index (χ2n) is 3.84. The van der Waals surface area contributed by atoms with Crippen LogP contribution in [0.25, 0.3) is 0 Å². The van der Waals surface area contributed by atoms with Gasteiger partial charge in [-0.05, 0) is 26.8 Å². The van der Waals surface area contributed by atoms with Crippen molar-refractivity contribution in [2.45, 2.75) is 26.8 Å². The molecule has 0 bridgehead atoms. The van der Waals surface area contributed by atoms with Gasteiger partial charge in [0.05, 0.1) is 0 Å². The smallest absolute Gasteiger partial charge is 0.312 e. The number of carbonyl (C=O) groups is 1. The number of hydrogen-bond acceptors (Lipinski definition) is 3. The minimum absolute atomic E-state index is 0.201. The first-order valence-corrected chi connectivity index (χ1v) is 5.34. The maximum absolute atomic E-state index is 10.4. The quantitative estimate of drug-likeness (QED) is 0.659. The highest BCUT2D eigenvalue weighted by Gasteiger charge is 2.11. The zero-order chi connectivity index (χ0) is 12.1. The van der Waals surface area contributed by atoms with E-state index < -0.39 is 6.03 Å². The van der Waals surface area contributed by atoms with E-state index in [1.54, 1.807) is 0 Å². The summed E-state index contributed by atoms with van der Waals surface area (Å²) >= 11 is 0. The fourth-order valence-electron chi connectivity index (χ4n) is 1.66. The predicted octanol–water partition coefficient (Wildman–Crippen LogP) is 1.22. The summed E-state index contributed by atoms with van der Waals surface area (Å²) in [6.07, 6.45) is 0. The van der Waals surface area contributed by atoms with Crippen LogP contribution in [-0.2, 0) is 0 Å². The first-order chi connectivity index (χ1) is 7.50. The van der Waals surface area contributed by atoms with E-state index in [1.807, 2.05) is 19.9 Å². The van der Waals surface area contributed by atoms with Crippen molar-refractivity contribution in [1.29, 1.82) is 0 Å². The van der Waals surface area contributed by atoms with E-state index in [0.717, 1.165) is 17.1 Å². The number of nitrogens with two attached hydrogens (primary N) is 1. The van der Waals surface area contributed by atoms with E-state index >= 15 is 0 Å². The summed E-state index contributed by atoms with van der Waals surface area (Å²) in [7, 11) is 0. The molecular formula is C11H19N3O2. The standard InChI is InChI=1S/C11H19N3O2/c1-7-6-10(9(3)16-7)8(2)13-4-5-14-11(12)15/h6,8,13H,4-5H2,1-3H3,(H3,12,14,15). The Kier molecular flexibility index (Phi) is 4.37. The summed E-state index contributed by atoms with van der Waals surface area (Å²) in [5, 5.41) is 5.80. The number of furan rings is 1. The molecule has 1 heterocycles. The summed E-state index contributed by atoms with van der Waals surface area (Å²) in [5.41, 5.74) is 6.10. The molecule has 0 saturated carbocycles. The molecular weight excluding hydrogens is 206 g/mol. The molecule has 1 unspecified atom stereocenters. The van der Waals surface area contributed by atoms with Crippen LogP contribution in [-0.4, -0.2) is 19.1 Å². The predicted molar refractivity (Wildman–Crippen MR) is 62.2 cm³/mol. The SMILES string of the molecule is Cc1cc(C(C)NCCNC(N)=O)c(C)o1.